The summed E-state index contributed by atoms with van der Waals surface area (Å²) in [6, 6.07) is 13.5. The molecule has 0 aliphatic heterocycles. The molecule has 0 saturated heterocycles. The van der Waals surface area contributed by atoms with Gasteiger partial charge in [-0.3, -0.25) is 20.4 Å². The van der Waals surface area contributed by atoms with Gasteiger partial charge in [-0.1, -0.05) is 44.2 Å². The first kappa shape index (κ1) is 18.7. The minimum atomic E-state index is -0.286. The molecule has 1 heterocycles. The molecule has 0 radical (unpaired) electrons. The minimum Gasteiger partial charge on any atom is -0.464 e. The van der Waals surface area contributed by atoms with Crippen LogP contribution in [0.3, 0.4) is 0 Å². The van der Waals surface area contributed by atoms with E-state index in [1.807, 2.05) is 36.4 Å². The molecule has 0 saturated carbocycles. The number of hydrogen-bond acceptors (Lipinski definition) is 3. The molecular weight excluding hydrogens is 340 g/mol. The van der Waals surface area contributed by atoms with Crippen LogP contribution in [-0.2, 0) is 22.4 Å². The lowest BCUT2D eigenvalue weighted by atomic mass is 9.95. The van der Waals surface area contributed by atoms with E-state index in [-0.39, 0.29) is 24.7 Å². The van der Waals surface area contributed by atoms with Gasteiger partial charge in [-0.25, -0.2) is 0 Å². The van der Waals surface area contributed by atoms with Crippen LogP contribution < -0.4 is 10.9 Å². The number of hydrogen-bond donors (Lipinski definition) is 2. The number of furan rings is 1. The van der Waals surface area contributed by atoms with E-state index < -0.39 is 0 Å². The maximum atomic E-state index is 12.2. The summed E-state index contributed by atoms with van der Waals surface area (Å²) in [5.74, 6) is -0.154. The topological polar surface area (TPSA) is 71.3 Å². The number of fused-ring (bicyclic) bond motifs is 1. The van der Waals surface area contributed by atoms with Crippen LogP contribution in [-0.4, -0.2) is 11.8 Å². The highest BCUT2D eigenvalue weighted by atomic mass is 16.3. The Morgan fingerprint density at radius 1 is 1.00 bits per heavy atom. The van der Waals surface area contributed by atoms with Crippen molar-refractivity contribution in [1.29, 1.82) is 0 Å². The third-order valence-corrected chi connectivity index (χ3v) is 4.56. The highest BCUT2D eigenvalue weighted by Crippen LogP contribution is 2.29. The van der Waals surface area contributed by atoms with Gasteiger partial charge in [0.05, 0.1) is 19.1 Å². The second-order valence-corrected chi connectivity index (χ2v) is 7.06. The molecule has 0 atom stereocenters. The zero-order chi connectivity index (χ0) is 19.4. The van der Waals surface area contributed by atoms with E-state index in [1.54, 1.807) is 6.26 Å². The van der Waals surface area contributed by atoms with Crippen molar-refractivity contribution in [1.82, 2.24) is 10.9 Å². The summed E-state index contributed by atoms with van der Waals surface area (Å²) in [5.41, 5.74) is 9.82. The number of benzene rings is 2. The highest BCUT2D eigenvalue weighted by Gasteiger charge is 2.14. The summed E-state index contributed by atoms with van der Waals surface area (Å²) < 4.78 is 5.60. The third kappa shape index (κ3) is 4.56. The first-order chi connectivity index (χ1) is 12.9. The second-order valence-electron chi connectivity index (χ2n) is 7.06. The Morgan fingerprint density at radius 2 is 1.67 bits per heavy atom. The van der Waals surface area contributed by atoms with Gasteiger partial charge in [0.15, 0.2) is 0 Å². The van der Waals surface area contributed by atoms with Crippen molar-refractivity contribution in [3.63, 3.8) is 0 Å². The number of carbonyl (C=O) groups is 2. The Bertz CT molecular complexity index is 958. The van der Waals surface area contributed by atoms with E-state index in [9.17, 15) is 9.59 Å². The van der Waals surface area contributed by atoms with Gasteiger partial charge in [-0.15, -0.1) is 0 Å². The molecule has 0 fully saturated rings. The Labute approximate surface area is 158 Å². The summed E-state index contributed by atoms with van der Waals surface area (Å²) in [7, 11) is 0. The summed E-state index contributed by atoms with van der Waals surface area (Å²) in [4.78, 5) is 24.2. The van der Waals surface area contributed by atoms with Crippen molar-refractivity contribution < 1.29 is 14.0 Å². The van der Waals surface area contributed by atoms with Crippen LogP contribution in [0.1, 0.15) is 42.0 Å². The molecular formula is C22H24N2O3. The molecule has 0 spiro atoms. The van der Waals surface area contributed by atoms with Gasteiger partial charge in [0.1, 0.15) is 5.58 Å². The van der Waals surface area contributed by atoms with Crippen molar-refractivity contribution in [2.24, 2.45) is 0 Å². The fourth-order valence-corrected chi connectivity index (χ4v) is 3.19. The zero-order valence-corrected chi connectivity index (χ0v) is 15.8. The lowest BCUT2D eigenvalue weighted by Crippen LogP contribution is -2.43. The van der Waals surface area contributed by atoms with Crippen LogP contribution in [0.5, 0.6) is 0 Å². The van der Waals surface area contributed by atoms with Gasteiger partial charge in [0, 0.05) is 10.9 Å². The molecule has 0 unspecified atom stereocenters. The number of aryl methyl sites for hydroxylation is 1. The van der Waals surface area contributed by atoms with Gasteiger partial charge in [0.2, 0.25) is 11.8 Å². The van der Waals surface area contributed by atoms with Crippen LogP contribution in [0.4, 0.5) is 0 Å². The van der Waals surface area contributed by atoms with Gasteiger partial charge in [-0.2, -0.15) is 0 Å². The Hall–Kier alpha value is -3.08. The van der Waals surface area contributed by atoms with E-state index in [0.29, 0.717) is 5.92 Å². The van der Waals surface area contributed by atoms with Crippen LogP contribution in [0.25, 0.3) is 11.0 Å². The molecule has 1 aromatic heterocycles. The lowest BCUT2D eigenvalue weighted by Gasteiger charge is -2.10. The Kier molecular flexibility index (Phi) is 5.60. The number of hydrazine groups is 1. The predicted molar refractivity (Wildman–Crippen MR) is 105 cm³/mol. The molecule has 5 nitrogen and oxygen atoms in total. The van der Waals surface area contributed by atoms with Crippen LogP contribution in [0.2, 0.25) is 0 Å². The summed E-state index contributed by atoms with van der Waals surface area (Å²) in [5, 5.41) is 0.940. The first-order valence-electron chi connectivity index (χ1n) is 9.06. The fraction of sp³-hybridized carbons (Fsp3) is 0.273. The summed E-state index contributed by atoms with van der Waals surface area (Å²) >= 11 is 0. The molecule has 3 rings (SSSR count). The maximum absolute atomic E-state index is 12.2. The summed E-state index contributed by atoms with van der Waals surface area (Å²) in [6.07, 6.45) is 1.96. The second kappa shape index (κ2) is 8.08. The van der Waals surface area contributed by atoms with Crippen molar-refractivity contribution in [3.05, 3.63) is 71.0 Å². The minimum absolute atomic E-state index is 0.138. The number of carbonyl (C=O) groups excluding carboxylic acids is 2. The van der Waals surface area contributed by atoms with Crippen molar-refractivity contribution in [2.75, 3.05) is 0 Å². The predicted octanol–water partition coefficient (Wildman–Crippen LogP) is 3.80. The smallest absolute Gasteiger partial charge is 0.242 e. The van der Waals surface area contributed by atoms with Gasteiger partial charge >= 0.3 is 0 Å². The molecule has 5 heteroatoms. The molecule has 2 aromatic carbocycles. The largest absolute Gasteiger partial charge is 0.464 e. The lowest BCUT2D eigenvalue weighted by molar-refractivity contribution is -0.128. The Morgan fingerprint density at radius 3 is 2.33 bits per heavy atom. The first-order valence-corrected chi connectivity index (χ1v) is 9.06. The van der Waals surface area contributed by atoms with Gasteiger partial charge in [0.25, 0.3) is 0 Å². The number of nitrogens with one attached hydrogen (secondary N) is 2. The van der Waals surface area contributed by atoms with E-state index >= 15 is 0 Å². The van der Waals surface area contributed by atoms with Gasteiger partial charge in [-0.05, 0) is 41.7 Å². The molecule has 27 heavy (non-hydrogen) atoms. The van der Waals surface area contributed by atoms with Crippen LogP contribution in [0.15, 0.2) is 53.1 Å². The zero-order valence-electron chi connectivity index (χ0n) is 15.8. The molecule has 2 N–H and O–H groups in total. The molecule has 0 bridgehead atoms. The average molecular weight is 364 g/mol. The number of amides is 2. The van der Waals surface area contributed by atoms with E-state index in [1.165, 1.54) is 11.1 Å². The van der Waals surface area contributed by atoms with Crippen LogP contribution >= 0.6 is 0 Å². The van der Waals surface area contributed by atoms with E-state index in [4.69, 9.17) is 4.42 Å². The maximum Gasteiger partial charge on any atom is 0.242 e. The van der Waals surface area contributed by atoms with Crippen molar-refractivity contribution >= 4 is 22.8 Å². The van der Waals surface area contributed by atoms with Crippen molar-refractivity contribution in [2.45, 2.75) is 39.5 Å². The Balaban J connectivity index is 1.62. The van der Waals surface area contributed by atoms with Crippen molar-refractivity contribution in [3.8, 4) is 0 Å². The molecule has 2 amide bonds. The van der Waals surface area contributed by atoms with E-state index in [2.05, 4.69) is 37.7 Å². The van der Waals surface area contributed by atoms with E-state index in [0.717, 1.165) is 22.1 Å². The molecule has 0 aliphatic rings. The molecule has 3 aromatic rings. The highest BCUT2D eigenvalue weighted by molar-refractivity contribution is 5.89. The quantitative estimate of drug-likeness (QED) is 0.677. The summed E-state index contributed by atoms with van der Waals surface area (Å²) in [6.45, 7) is 6.34. The average Bonchev–Trinajstić information content (AvgIpc) is 3.01. The monoisotopic (exact) mass is 364 g/mol. The molecule has 140 valence electrons. The van der Waals surface area contributed by atoms with Gasteiger partial charge < -0.3 is 4.42 Å². The number of rotatable bonds is 5. The molecule has 0 aliphatic carbocycles. The fourth-order valence-electron chi connectivity index (χ4n) is 3.19. The standard InChI is InChI=1S/C22H24N2O3/c1-14(2)18-12-19-17(13-27-20(19)9-15(18)3)11-22(26)24-23-21(25)10-16-7-5-4-6-8-16/h4-9,12-14H,10-11H2,1-3H3,(H,23,25)(H,24,26). The SMILES string of the molecule is Cc1cc2occ(CC(=O)NNC(=O)Cc3ccccc3)c2cc1C(C)C. The normalized spacial score (nSPS) is 11.0. The third-order valence-electron chi connectivity index (χ3n) is 4.56. The van der Waals surface area contributed by atoms with Crippen LogP contribution in [0, 0.1) is 6.92 Å².